The van der Waals surface area contributed by atoms with Gasteiger partial charge in [0.25, 0.3) is 5.91 Å². The third kappa shape index (κ3) is 3.19. The highest BCUT2D eigenvalue weighted by molar-refractivity contribution is 5.93. The topological polar surface area (TPSA) is 90.4 Å². The number of carbonyl (C=O) groups is 1. The molecule has 0 saturated carbocycles. The van der Waals surface area contributed by atoms with Gasteiger partial charge in [0.15, 0.2) is 5.69 Å². The van der Waals surface area contributed by atoms with Gasteiger partial charge >= 0.3 is 0 Å². The number of phenolic OH excluding ortho intramolecular Hbond substituents is 1. The lowest BCUT2D eigenvalue weighted by Gasteiger charge is -2.00. The largest absolute Gasteiger partial charge is 0.507 e. The summed E-state index contributed by atoms with van der Waals surface area (Å²) in [5, 5.41) is 19.9. The molecule has 0 atom stereocenters. The summed E-state index contributed by atoms with van der Waals surface area (Å²) in [6.07, 6.45) is 1.39. The molecule has 2 rings (SSSR count). The van der Waals surface area contributed by atoms with Gasteiger partial charge in [0, 0.05) is 11.3 Å². The van der Waals surface area contributed by atoms with E-state index < -0.39 is 5.91 Å². The average molecular weight is 258 g/mol. The van der Waals surface area contributed by atoms with Crippen molar-refractivity contribution in [3.05, 3.63) is 46.8 Å². The number of aromatic nitrogens is 2. The van der Waals surface area contributed by atoms with E-state index in [9.17, 15) is 9.90 Å². The molecule has 6 heteroatoms. The average Bonchev–Trinajstić information content (AvgIpc) is 2.80. The monoisotopic (exact) mass is 258 g/mol. The number of phenols is 1. The van der Waals surface area contributed by atoms with Crippen LogP contribution in [0.4, 0.5) is 0 Å². The van der Waals surface area contributed by atoms with Crippen LogP contribution < -0.4 is 5.43 Å². The molecular weight excluding hydrogens is 244 g/mol. The van der Waals surface area contributed by atoms with Crippen molar-refractivity contribution in [3.8, 4) is 5.75 Å². The van der Waals surface area contributed by atoms with E-state index in [1.54, 1.807) is 31.2 Å². The second-order valence-corrected chi connectivity index (χ2v) is 4.20. The molecule has 3 N–H and O–H groups in total. The molecule has 0 unspecified atom stereocenters. The van der Waals surface area contributed by atoms with Crippen LogP contribution in [0.25, 0.3) is 0 Å². The maximum Gasteiger partial charge on any atom is 0.291 e. The van der Waals surface area contributed by atoms with Crippen LogP contribution in [0.15, 0.2) is 29.4 Å². The van der Waals surface area contributed by atoms with Crippen molar-refractivity contribution in [2.24, 2.45) is 5.10 Å². The fourth-order valence-corrected chi connectivity index (χ4v) is 1.53. The highest BCUT2D eigenvalue weighted by atomic mass is 16.3. The number of hydrazone groups is 1. The Labute approximate surface area is 110 Å². The summed E-state index contributed by atoms with van der Waals surface area (Å²) >= 11 is 0. The zero-order valence-corrected chi connectivity index (χ0v) is 10.6. The quantitative estimate of drug-likeness (QED) is 0.575. The first-order valence-corrected chi connectivity index (χ1v) is 5.71. The van der Waals surface area contributed by atoms with E-state index in [1.807, 2.05) is 6.92 Å². The number of hydrogen-bond acceptors (Lipinski definition) is 4. The van der Waals surface area contributed by atoms with E-state index in [0.29, 0.717) is 5.56 Å². The number of H-pyrrole nitrogens is 1. The summed E-state index contributed by atoms with van der Waals surface area (Å²) in [7, 11) is 0. The summed E-state index contributed by atoms with van der Waals surface area (Å²) in [5.74, 6) is -0.299. The predicted molar refractivity (Wildman–Crippen MR) is 71.2 cm³/mol. The minimum Gasteiger partial charge on any atom is -0.507 e. The number of rotatable bonds is 3. The summed E-state index contributed by atoms with van der Waals surface area (Å²) in [6, 6.07) is 6.76. The van der Waals surface area contributed by atoms with Crippen molar-refractivity contribution < 1.29 is 9.90 Å². The fourth-order valence-electron chi connectivity index (χ4n) is 1.53. The molecule has 19 heavy (non-hydrogen) atoms. The van der Waals surface area contributed by atoms with Gasteiger partial charge in [-0.25, -0.2) is 5.43 Å². The van der Waals surface area contributed by atoms with Crippen LogP contribution in [0.5, 0.6) is 5.75 Å². The molecule has 0 spiro atoms. The van der Waals surface area contributed by atoms with Crippen LogP contribution in [0.2, 0.25) is 0 Å². The van der Waals surface area contributed by atoms with E-state index >= 15 is 0 Å². The van der Waals surface area contributed by atoms with Crippen molar-refractivity contribution in [1.82, 2.24) is 15.6 Å². The van der Waals surface area contributed by atoms with Crippen LogP contribution in [0, 0.1) is 13.8 Å². The van der Waals surface area contributed by atoms with Gasteiger partial charge in [-0.3, -0.25) is 9.89 Å². The van der Waals surface area contributed by atoms with Crippen molar-refractivity contribution in [2.45, 2.75) is 13.8 Å². The molecule has 98 valence electrons. The van der Waals surface area contributed by atoms with Crippen molar-refractivity contribution in [1.29, 1.82) is 0 Å². The number of hydrogen-bond donors (Lipinski definition) is 3. The number of aromatic hydroxyl groups is 1. The Morgan fingerprint density at radius 2 is 2.21 bits per heavy atom. The third-order valence-corrected chi connectivity index (χ3v) is 2.49. The first kappa shape index (κ1) is 12.8. The van der Waals surface area contributed by atoms with Crippen molar-refractivity contribution >= 4 is 12.1 Å². The summed E-state index contributed by atoms with van der Waals surface area (Å²) in [6.45, 7) is 3.71. The molecule has 0 saturated heterocycles. The Bertz CT molecular complexity index is 631. The first-order valence-electron chi connectivity index (χ1n) is 5.71. The zero-order chi connectivity index (χ0) is 13.8. The van der Waals surface area contributed by atoms with Crippen LogP contribution in [0.1, 0.15) is 27.3 Å². The number of amides is 1. The van der Waals surface area contributed by atoms with E-state index in [2.05, 4.69) is 20.7 Å². The zero-order valence-electron chi connectivity index (χ0n) is 10.6. The first-order chi connectivity index (χ1) is 9.06. The van der Waals surface area contributed by atoms with Gasteiger partial charge in [0.2, 0.25) is 0 Å². The molecule has 6 nitrogen and oxygen atoms in total. The lowest BCUT2D eigenvalue weighted by molar-refractivity contribution is 0.0950. The fraction of sp³-hybridized carbons (Fsp3) is 0.154. The summed E-state index contributed by atoms with van der Waals surface area (Å²) in [4.78, 5) is 11.6. The van der Waals surface area contributed by atoms with Crippen LogP contribution >= 0.6 is 0 Å². The van der Waals surface area contributed by atoms with Gasteiger partial charge in [-0.1, -0.05) is 11.6 Å². The molecular formula is C13H14N4O2. The van der Waals surface area contributed by atoms with Gasteiger partial charge < -0.3 is 5.11 Å². The van der Waals surface area contributed by atoms with E-state index in [-0.39, 0.29) is 11.4 Å². The lowest BCUT2D eigenvalue weighted by Crippen LogP contribution is -2.18. The molecule has 2 aromatic rings. The van der Waals surface area contributed by atoms with Gasteiger partial charge in [0.05, 0.1) is 6.21 Å². The second-order valence-electron chi connectivity index (χ2n) is 4.20. The Morgan fingerprint density at radius 3 is 2.89 bits per heavy atom. The van der Waals surface area contributed by atoms with E-state index in [0.717, 1.165) is 11.3 Å². The SMILES string of the molecule is Cc1ccc(O)c(C=NNC(=O)c2cc(C)[nH]n2)c1. The van der Waals surface area contributed by atoms with Gasteiger partial charge in [-0.2, -0.15) is 10.2 Å². The molecule has 1 amide bonds. The van der Waals surface area contributed by atoms with Crippen molar-refractivity contribution in [3.63, 3.8) is 0 Å². The number of aromatic amines is 1. The van der Waals surface area contributed by atoms with E-state index in [4.69, 9.17) is 0 Å². The summed E-state index contributed by atoms with van der Waals surface area (Å²) < 4.78 is 0. The highest BCUT2D eigenvalue weighted by Crippen LogP contribution is 2.15. The number of benzene rings is 1. The molecule has 1 heterocycles. The molecule has 0 radical (unpaired) electrons. The maximum atomic E-state index is 11.6. The Balaban J connectivity index is 2.04. The van der Waals surface area contributed by atoms with Crippen LogP contribution in [-0.2, 0) is 0 Å². The standard InChI is InChI=1S/C13H14N4O2/c1-8-3-4-12(18)10(5-8)7-14-17-13(19)11-6-9(2)15-16-11/h3-7,18H,1-2H3,(H,15,16)(H,17,19). The number of nitrogens with zero attached hydrogens (tertiary/aromatic N) is 2. The Morgan fingerprint density at radius 1 is 1.42 bits per heavy atom. The van der Waals surface area contributed by atoms with E-state index in [1.165, 1.54) is 6.21 Å². The third-order valence-electron chi connectivity index (χ3n) is 2.49. The van der Waals surface area contributed by atoms with Gasteiger partial charge in [-0.05, 0) is 32.0 Å². The molecule has 0 aliphatic rings. The molecule has 0 aliphatic heterocycles. The predicted octanol–water partition coefficient (Wildman–Crippen LogP) is 1.50. The Kier molecular flexibility index (Phi) is 3.61. The number of nitrogens with one attached hydrogen (secondary N) is 2. The normalized spacial score (nSPS) is 10.8. The number of carbonyl (C=O) groups excluding carboxylic acids is 1. The highest BCUT2D eigenvalue weighted by Gasteiger charge is 2.07. The molecule has 1 aromatic heterocycles. The molecule has 0 fully saturated rings. The van der Waals surface area contributed by atoms with Gasteiger partial charge in [0.1, 0.15) is 5.75 Å². The number of aryl methyl sites for hydroxylation is 2. The minimum atomic E-state index is -0.409. The van der Waals surface area contributed by atoms with Gasteiger partial charge in [-0.15, -0.1) is 0 Å². The summed E-state index contributed by atoms with van der Waals surface area (Å²) in [5.41, 5.74) is 4.94. The minimum absolute atomic E-state index is 0.110. The van der Waals surface area contributed by atoms with Crippen molar-refractivity contribution in [2.75, 3.05) is 0 Å². The maximum absolute atomic E-state index is 11.6. The Hall–Kier alpha value is -2.63. The van der Waals surface area contributed by atoms with Crippen LogP contribution in [0.3, 0.4) is 0 Å². The smallest absolute Gasteiger partial charge is 0.291 e. The molecule has 1 aromatic carbocycles. The molecule has 0 aliphatic carbocycles. The van der Waals surface area contributed by atoms with Crippen LogP contribution in [-0.4, -0.2) is 27.4 Å². The molecule has 0 bridgehead atoms. The lowest BCUT2D eigenvalue weighted by atomic mass is 10.1. The second kappa shape index (κ2) is 5.34.